The Hall–Kier alpha value is -1.94. The largest absolute Gasteiger partial charge is 0.505 e. The molecule has 0 aliphatic carbocycles. The van der Waals surface area contributed by atoms with Crippen LogP contribution in [0.15, 0.2) is 25.4 Å². The minimum atomic E-state index is -1.71. The van der Waals surface area contributed by atoms with Gasteiger partial charge in [-0.3, -0.25) is 4.79 Å². The molecule has 1 aromatic carbocycles. The summed E-state index contributed by atoms with van der Waals surface area (Å²) in [5.41, 5.74) is 0.392. The lowest BCUT2D eigenvalue weighted by Crippen LogP contribution is -2.33. The van der Waals surface area contributed by atoms with Gasteiger partial charge in [-0.05, 0) is 35.0 Å². The molecule has 0 aromatic heterocycles. The number of likely N-dealkylation sites (N-methyl/N-ethyl adjacent to an activating group) is 1. The van der Waals surface area contributed by atoms with Crippen LogP contribution in [0.4, 0.5) is 5.69 Å². The van der Waals surface area contributed by atoms with Gasteiger partial charge in [-0.25, -0.2) is 4.21 Å². The Labute approximate surface area is 144 Å². The smallest absolute Gasteiger partial charge is 0.269 e. The third-order valence-corrected chi connectivity index (χ3v) is 4.25. The molecule has 2 rings (SSSR count). The van der Waals surface area contributed by atoms with E-state index in [1.54, 1.807) is 26.2 Å². The Bertz CT molecular complexity index is 733. The minimum absolute atomic E-state index is 0.127. The molecule has 8 nitrogen and oxygen atoms in total. The Morgan fingerprint density at radius 2 is 2.00 bits per heavy atom. The van der Waals surface area contributed by atoms with Crippen molar-refractivity contribution in [3.05, 3.63) is 22.2 Å². The van der Waals surface area contributed by atoms with Crippen LogP contribution in [0.2, 0.25) is 0 Å². The Balaban J connectivity index is 2.37. The number of benzene rings is 1. The summed E-state index contributed by atoms with van der Waals surface area (Å²) in [6.07, 6.45) is 0. The number of amides is 1. The van der Waals surface area contributed by atoms with Gasteiger partial charge in [0.1, 0.15) is 0 Å². The second-order valence-corrected chi connectivity index (χ2v) is 6.46. The van der Waals surface area contributed by atoms with Gasteiger partial charge in [0.15, 0.2) is 17.4 Å². The van der Waals surface area contributed by atoms with Crippen LogP contribution in [0, 0.1) is 0 Å². The molecular weight excluding hydrogens is 386 g/mol. The number of aromatic hydroxyl groups is 1. The van der Waals surface area contributed by atoms with Crippen LogP contribution in [0.25, 0.3) is 0 Å². The number of phenolic OH excluding ortho intramolecular Hbond substituents is 1. The van der Waals surface area contributed by atoms with Gasteiger partial charge in [-0.2, -0.15) is 0 Å². The third kappa shape index (κ3) is 3.70. The molecule has 0 saturated carbocycles. The fraction of sp³-hybridized carbons (Fsp3) is 0.308. The van der Waals surface area contributed by atoms with Gasteiger partial charge in [0, 0.05) is 25.1 Å². The topological polar surface area (TPSA) is 106 Å². The number of nitrogens with one attached hydrogen (secondary N) is 2. The van der Waals surface area contributed by atoms with Crippen LogP contribution in [0.3, 0.4) is 0 Å². The molecule has 10 heteroatoms. The molecule has 1 amide bonds. The van der Waals surface area contributed by atoms with E-state index in [1.807, 2.05) is 6.92 Å². The highest BCUT2D eigenvalue weighted by Gasteiger charge is 2.23. The van der Waals surface area contributed by atoms with E-state index in [2.05, 4.69) is 35.4 Å². The quantitative estimate of drug-likeness (QED) is 0.661. The van der Waals surface area contributed by atoms with Gasteiger partial charge >= 0.3 is 0 Å². The molecule has 1 unspecified atom stereocenters. The normalized spacial score (nSPS) is 16.6. The maximum absolute atomic E-state index is 12.2. The second-order valence-electron chi connectivity index (χ2n) is 4.78. The number of halogens is 1. The Morgan fingerprint density at radius 1 is 1.35 bits per heavy atom. The highest BCUT2D eigenvalue weighted by Crippen LogP contribution is 2.34. The van der Waals surface area contributed by atoms with Gasteiger partial charge in [-0.15, -0.1) is 8.80 Å². The molecule has 23 heavy (non-hydrogen) atoms. The van der Waals surface area contributed by atoms with Crippen molar-refractivity contribution >= 4 is 50.4 Å². The number of anilines is 1. The van der Waals surface area contributed by atoms with E-state index in [0.29, 0.717) is 16.9 Å². The molecule has 1 aliphatic rings. The van der Waals surface area contributed by atoms with Gasteiger partial charge in [0.25, 0.3) is 17.1 Å². The first-order valence-electron chi connectivity index (χ1n) is 6.69. The molecule has 0 spiro atoms. The molecule has 0 radical (unpaired) electrons. The zero-order valence-corrected chi connectivity index (χ0v) is 15.2. The molecule has 1 aliphatic heterocycles. The number of carbonyl (C=O) groups is 1. The van der Waals surface area contributed by atoms with Crippen molar-refractivity contribution in [2.45, 2.75) is 6.92 Å². The second kappa shape index (κ2) is 7.09. The number of amidine groups is 2. The number of hydrogen-bond acceptors (Lipinski definition) is 5. The van der Waals surface area contributed by atoms with Crippen molar-refractivity contribution in [3.8, 4) is 5.75 Å². The molecule has 0 fully saturated rings. The highest BCUT2D eigenvalue weighted by molar-refractivity contribution is 9.10. The maximum atomic E-state index is 12.2. The number of nitrogens with zero attached hydrogens (tertiary/aromatic N) is 3. The van der Waals surface area contributed by atoms with E-state index in [1.165, 1.54) is 4.90 Å². The number of hydrogen-bond donors (Lipinski definition) is 3. The summed E-state index contributed by atoms with van der Waals surface area (Å²) in [6.45, 7) is 2.44. The molecular formula is C13H16BrN5O3S. The fourth-order valence-electron chi connectivity index (χ4n) is 1.85. The predicted octanol–water partition coefficient (Wildman–Crippen LogP) is 1.27. The van der Waals surface area contributed by atoms with Gasteiger partial charge in [0.05, 0.1) is 11.3 Å². The zero-order valence-electron chi connectivity index (χ0n) is 12.8. The van der Waals surface area contributed by atoms with Crippen molar-refractivity contribution in [1.29, 1.82) is 0 Å². The Kier molecular flexibility index (Phi) is 5.37. The van der Waals surface area contributed by atoms with Crippen molar-refractivity contribution in [2.24, 2.45) is 8.80 Å². The summed E-state index contributed by atoms with van der Waals surface area (Å²) < 4.78 is 19.6. The monoisotopic (exact) mass is 401 g/mol. The summed E-state index contributed by atoms with van der Waals surface area (Å²) in [5, 5.41) is 16.2. The number of phenols is 1. The summed E-state index contributed by atoms with van der Waals surface area (Å²) in [7, 11) is 3.18. The van der Waals surface area contributed by atoms with Gasteiger partial charge in [-0.1, -0.05) is 0 Å². The molecule has 124 valence electrons. The average molecular weight is 402 g/mol. The van der Waals surface area contributed by atoms with Crippen molar-refractivity contribution < 1.29 is 14.1 Å². The first kappa shape index (κ1) is 17.4. The van der Waals surface area contributed by atoms with Crippen LogP contribution >= 0.6 is 15.9 Å². The van der Waals surface area contributed by atoms with Gasteiger partial charge < -0.3 is 20.6 Å². The Morgan fingerprint density at radius 3 is 2.61 bits per heavy atom. The van der Waals surface area contributed by atoms with Crippen LogP contribution in [-0.2, 0) is 11.2 Å². The van der Waals surface area contributed by atoms with E-state index in [9.17, 15) is 14.1 Å². The van der Waals surface area contributed by atoms with Crippen LogP contribution in [-0.4, -0.2) is 52.4 Å². The molecule has 1 atom stereocenters. The van der Waals surface area contributed by atoms with E-state index in [-0.39, 0.29) is 28.7 Å². The van der Waals surface area contributed by atoms with Gasteiger partial charge in [0.2, 0.25) is 0 Å². The fourth-order valence-corrected chi connectivity index (χ4v) is 2.98. The standard InChI is InChI=1S/C13H16BrN5O3S/c1-4-15-11-12(18-23(22)17-11)16-8-6-5-7(14)9(10(8)20)13(21)19(2)3/h5-6,20H,4H2,1-3H3,(H,15,17)(H,16,18). The van der Waals surface area contributed by atoms with E-state index in [0.717, 1.165) is 0 Å². The number of carbonyl (C=O) groups excluding carboxylic acids is 1. The lowest BCUT2D eigenvalue weighted by molar-refractivity contribution is 0.0824. The molecule has 3 N–H and O–H groups in total. The number of rotatable bonds is 3. The lowest BCUT2D eigenvalue weighted by atomic mass is 10.1. The zero-order chi connectivity index (χ0) is 17.1. The maximum Gasteiger partial charge on any atom is 0.269 e. The summed E-state index contributed by atoms with van der Waals surface area (Å²) >= 11 is 1.55. The van der Waals surface area contributed by atoms with Crippen LogP contribution < -0.4 is 10.6 Å². The summed E-state index contributed by atoms with van der Waals surface area (Å²) in [5.74, 6) is 0.00420. The summed E-state index contributed by atoms with van der Waals surface area (Å²) in [4.78, 5) is 13.5. The summed E-state index contributed by atoms with van der Waals surface area (Å²) in [6, 6.07) is 3.22. The van der Waals surface area contributed by atoms with E-state index < -0.39 is 11.2 Å². The minimum Gasteiger partial charge on any atom is -0.505 e. The molecule has 0 saturated heterocycles. The molecule has 1 heterocycles. The first-order chi connectivity index (χ1) is 10.8. The van der Waals surface area contributed by atoms with E-state index in [4.69, 9.17) is 0 Å². The van der Waals surface area contributed by atoms with Crippen molar-refractivity contribution in [2.75, 3.05) is 26.0 Å². The molecule has 1 aromatic rings. The van der Waals surface area contributed by atoms with Crippen molar-refractivity contribution in [3.63, 3.8) is 0 Å². The lowest BCUT2D eigenvalue weighted by Gasteiger charge is -2.16. The van der Waals surface area contributed by atoms with Crippen molar-refractivity contribution in [1.82, 2.24) is 10.2 Å². The average Bonchev–Trinajstić information content (AvgIpc) is 2.82. The third-order valence-electron chi connectivity index (χ3n) is 2.91. The predicted molar refractivity (Wildman–Crippen MR) is 94.1 cm³/mol. The van der Waals surface area contributed by atoms with E-state index >= 15 is 0 Å². The first-order valence-corrected chi connectivity index (χ1v) is 8.54. The van der Waals surface area contributed by atoms with Crippen LogP contribution in [0.5, 0.6) is 5.75 Å². The van der Waals surface area contributed by atoms with Crippen LogP contribution in [0.1, 0.15) is 17.3 Å². The molecule has 0 bridgehead atoms. The SMILES string of the molecule is CCNC1=NS(=O)N=C1Nc1ccc(Br)c(C(=O)N(C)C)c1O. The highest BCUT2D eigenvalue weighted by atomic mass is 79.9.